The number of aromatic nitrogens is 2. The number of hydrogen-bond acceptors (Lipinski definition) is 3. The van der Waals surface area contributed by atoms with E-state index in [1.165, 1.54) is 23.5 Å². The Kier molecular flexibility index (Phi) is 8.08. The summed E-state index contributed by atoms with van der Waals surface area (Å²) in [5.41, 5.74) is 7.08. The highest BCUT2D eigenvalue weighted by Gasteiger charge is 2.07. The van der Waals surface area contributed by atoms with Crippen molar-refractivity contribution in [3.63, 3.8) is 0 Å². The van der Waals surface area contributed by atoms with Crippen LogP contribution in [0.5, 0.6) is 0 Å². The standard InChI is InChI=1S/C25H30FN3/c1-7-9-22(20(8-2)11-10-18(3)29(5)6)16-21-12-14-24(28-19(21)4)23-13-15-25(26)27-17-23/h8,10-17H,2,7,9H2,1,3-6H3/b18-10+,20-11+,22-16+. The highest BCUT2D eigenvalue weighted by atomic mass is 19.1. The van der Waals surface area contributed by atoms with Gasteiger partial charge in [-0.25, -0.2) is 4.98 Å². The zero-order valence-electron chi connectivity index (χ0n) is 18.0. The maximum absolute atomic E-state index is 13.1. The van der Waals surface area contributed by atoms with Crippen LogP contribution in [-0.2, 0) is 0 Å². The van der Waals surface area contributed by atoms with Crippen molar-refractivity contribution in [3.8, 4) is 11.3 Å². The summed E-state index contributed by atoms with van der Waals surface area (Å²) in [6, 6.07) is 7.05. The third-order valence-corrected chi connectivity index (χ3v) is 4.80. The molecule has 0 amide bonds. The highest BCUT2D eigenvalue weighted by molar-refractivity contribution is 5.65. The number of hydrogen-bond donors (Lipinski definition) is 0. The van der Waals surface area contributed by atoms with E-state index in [2.05, 4.69) is 54.6 Å². The maximum Gasteiger partial charge on any atom is 0.212 e. The van der Waals surface area contributed by atoms with Gasteiger partial charge in [0, 0.05) is 37.2 Å². The molecule has 2 rings (SSSR count). The molecule has 0 spiro atoms. The molecule has 0 aliphatic carbocycles. The van der Waals surface area contributed by atoms with Gasteiger partial charge in [-0.15, -0.1) is 0 Å². The van der Waals surface area contributed by atoms with Gasteiger partial charge in [-0.3, -0.25) is 4.98 Å². The van der Waals surface area contributed by atoms with Crippen molar-refractivity contribution in [2.75, 3.05) is 14.1 Å². The van der Waals surface area contributed by atoms with Crippen LogP contribution in [0.15, 0.2) is 72.1 Å². The van der Waals surface area contributed by atoms with Crippen molar-refractivity contribution >= 4 is 6.08 Å². The van der Waals surface area contributed by atoms with Crippen LogP contribution in [0.1, 0.15) is 37.9 Å². The Balaban J connectivity index is 2.41. The van der Waals surface area contributed by atoms with Gasteiger partial charge in [0.15, 0.2) is 0 Å². The van der Waals surface area contributed by atoms with Crippen LogP contribution in [0.2, 0.25) is 0 Å². The zero-order chi connectivity index (χ0) is 21.4. The quantitative estimate of drug-likeness (QED) is 0.388. The molecule has 0 N–H and O–H groups in total. The summed E-state index contributed by atoms with van der Waals surface area (Å²) < 4.78 is 13.1. The molecule has 0 fully saturated rings. The third kappa shape index (κ3) is 6.24. The summed E-state index contributed by atoms with van der Waals surface area (Å²) >= 11 is 0. The van der Waals surface area contributed by atoms with Gasteiger partial charge in [0.25, 0.3) is 0 Å². The number of nitrogens with zero attached hydrogens (tertiary/aromatic N) is 3. The summed E-state index contributed by atoms with van der Waals surface area (Å²) in [4.78, 5) is 10.5. The first-order valence-corrected chi connectivity index (χ1v) is 9.84. The molecule has 0 bridgehead atoms. The second-order valence-corrected chi connectivity index (χ2v) is 7.19. The monoisotopic (exact) mass is 391 g/mol. The molecule has 0 saturated heterocycles. The summed E-state index contributed by atoms with van der Waals surface area (Å²) in [5, 5.41) is 0. The minimum absolute atomic E-state index is 0.489. The lowest BCUT2D eigenvalue weighted by molar-refractivity contribution is 0.514. The molecule has 152 valence electrons. The van der Waals surface area contributed by atoms with E-state index < -0.39 is 5.95 Å². The molecule has 0 aliphatic heterocycles. The van der Waals surface area contributed by atoms with Gasteiger partial charge in [-0.1, -0.05) is 38.1 Å². The van der Waals surface area contributed by atoms with E-state index in [4.69, 9.17) is 4.98 Å². The fourth-order valence-electron chi connectivity index (χ4n) is 2.83. The molecule has 29 heavy (non-hydrogen) atoms. The van der Waals surface area contributed by atoms with E-state index >= 15 is 0 Å². The molecule has 4 heteroatoms. The molecule has 2 aromatic rings. The van der Waals surface area contributed by atoms with Crippen molar-refractivity contribution in [3.05, 3.63) is 89.3 Å². The first-order valence-electron chi connectivity index (χ1n) is 9.84. The molecule has 0 atom stereocenters. The fourth-order valence-corrected chi connectivity index (χ4v) is 2.83. The summed E-state index contributed by atoms with van der Waals surface area (Å²) in [5.74, 6) is -0.489. The van der Waals surface area contributed by atoms with E-state index in [1.807, 2.05) is 33.2 Å². The fraction of sp³-hybridized carbons (Fsp3) is 0.280. The predicted octanol–water partition coefficient (Wildman–Crippen LogP) is 6.35. The second-order valence-electron chi connectivity index (χ2n) is 7.19. The molecular weight excluding hydrogens is 361 g/mol. The Hall–Kier alpha value is -3.01. The minimum Gasteiger partial charge on any atom is -0.381 e. The van der Waals surface area contributed by atoms with Crippen molar-refractivity contribution < 1.29 is 4.39 Å². The topological polar surface area (TPSA) is 29.0 Å². The van der Waals surface area contributed by atoms with Crippen LogP contribution in [0, 0.1) is 12.9 Å². The second kappa shape index (κ2) is 10.5. The van der Waals surface area contributed by atoms with Gasteiger partial charge < -0.3 is 4.90 Å². The first-order chi connectivity index (χ1) is 13.8. The van der Waals surface area contributed by atoms with Gasteiger partial charge in [-0.2, -0.15) is 4.39 Å². The molecule has 2 heterocycles. The SMILES string of the molecule is C=CC(=C\C=C(/C)N(C)C)/C(=C/c1ccc(-c2ccc(F)nc2)nc1C)CCC. The largest absolute Gasteiger partial charge is 0.381 e. The van der Waals surface area contributed by atoms with E-state index in [0.717, 1.165) is 40.9 Å². The smallest absolute Gasteiger partial charge is 0.212 e. The molecule has 0 aromatic carbocycles. The first kappa shape index (κ1) is 22.3. The Morgan fingerprint density at radius 3 is 2.48 bits per heavy atom. The molecule has 0 unspecified atom stereocenters. The maximum atomic E-state index is 13.1. The summed E-state index contributed by atoms with van der Waals surface area (Å²) in [6.45, 7) is 10.2. The summed E-state index contributed by atoms with van der Waals surface area (Å²) in [7, 11) is 4.06. The normalized spacial score (nSPS) is 12.8. The lowest BCUT2D eigenvalue weighted by Crippen LogP contribution is -2.07. The van der Waals surface area contributed by atoms with Gasteiger partial charge in [0.1, 0.15) is 0 Å². The van der Waals surface area contributed by atoms with E-state index in [-0.39, 0.29) is 0 Å². The van der Waals surface area contributed by atoms with Crippen LogP contribution < -0.4 is 0 Å². The van der Waals surface area contributed by atoms with Crippen LogP contribution >= 0.6 is 0 Å². The molecule has 0 saturated carbocycles. The zero-order valence-corrected chi connectivity index (χ0v) is 18.0. The Labute approximate surface area is 174 Å². The third-order valence-electron chi connectivity index (χ3n) is 4.80. The average Bonchev–Trinajstić information content (AvgIpc) is 2.70. The van der Waals surface area contributed by atoms with Crippen LogP contribution in [-0.4, -0.2) is 29.0 Å². The van der Waals surface area contributed by atoms with Crippen molar-refractivity contribution in [1.82, 2.24) is 14.9 Å². The van der Waals surface area contributed by atoms with Crippen molar-refractivity contribution in [2.24, 2.45) is 0 Å². The van der Waals surface area contributed by atoms with Crippen LogP contribution in [0.25, 0.3) is 17.3 Å². The van der Waals surface area contributed by atoms with E-state index in [0.29, 0.717) is 0 Å². The predicted molar refractivity (Wildman–Crippen MR) is 121 cm³/mol. The lowest BCUT2D eigenvalue weighted by atomic mass is 9.97. The number of aryl methyl sites for hydroxylation is 1. The molecule has 0 radical (unpaired) electrons. The van der Waals surface area contributed by atoms with Gasteiger partial charge in [-0.05, 0) is 67.3 Å². The van der Waals surface area contributed by atoms with Crippen LogP contribution in [0.3, 0.4) is 0 Å². The molecule has 2 aromatic heterocycles. The Morgan fingerprint density at radius 1 is 1.17 bits per heavy atom. The highest BCUT2D eigenvalue weighted by Crippen LogP contribution is 2.24. The summed E-state index contributed by atoms with van der Waals surface area (Å²) in [6.07, 6.45) is 11.8. The molecule has 3 nitrogen and oxygen atoms in total. The van der Waals surface area contributed by atoms with Crippen LogP contribution in [0.4, 0.5) is 4.39 Å². The minimum atomic E-state index is -0.489. The molecule has 0 aliphatic rings. The number of pyridine rings is 2. The number of rotatable bonds is 8. The van der Waals surface area contributed by atoms with Gasteiger partial charge in [0.05, 0.1) is 5.69 Å². The Bertz CT molecular complexity index is 935. The van der Waals surface area contributed by atoms with Crippen molar-refractivity contribution in [2.45, 2.75) is 33.6 Å². The van der Waals surface area contributed by atoms with Crippen molar-refractivity contribution in [1.29, 1.82) is 0 Å². The van der Waals surface area contributed by atoms with E-state index in [1.54, 1.807) is 6.07 Å². The van der Waals surface area contributed by atoms with Gasteiger partial charge in [0.2, 0.25) is 5.95 Å². The van der Waals surface area contributed by atoms with E-state index in [9.17, 15) is 4.39 Å². The average molecular weight is 392 g/mol. The number of halogens is 1. The molecular formula is C25H30FN3. The Morgan fingerprint density at radius 2 is 1.93 bits per heavy atom. The van der Waals surface area contributed by atoms with Gasteiger partial charge >= 0.3 is 0 Å². The lowest BCUT2D eigenvalue weighted by Gasteiger charge is -2.13. The number of allylic oxidation sites excluding steroid dienone is 6.